The number of imidazole rings is 1. The van der Waals surface area contributed by atoms with E-state index in [1.54, 1.807) is 17.1 Å². The molecule has 3 aliphatic rings. The minimum atomic E-state index is -0.0129. The third-order valence-corrected chi connectivity index (χ3v) is 6.60. The van der Waals surface area contributed by atoms with Crippen molar-refractivity contribution in [1.82, 2.24) is 23.9 Å². The standard InChI is InChI=1S/C22H29N5O3/c1-24-14-19(23-15-24)22(29)26-10-16-9-18(13-26)20-4-3-17(21(28)27(20)11-16)12-25-5-2-7-30-8-6-25/h3-4,14-16,18H,2,5-13H2,1H3/t16-,18+/m0/s1. The molecule has 2 bridgehead atoms. The summed E-state index contributed by atoms with van der Waals surface area (Å²) < 4.78 is 9.31. The summed E-state index contributed by atoms with van der Waals surface area (Å²) in [5, 5.41) is 0. The lowest BCUT2D eigenvalue weighted by Gasteiger charge is -2.42. The summed E-state index contributed by atoms with van der Waals surface area (Å²) in [6, 6.07) is 4.11. The number of aromatic nitrogens is 3. The van der Waals surface area contributed by atoms with Crippen LogP contribution in [0.4, 0.5) is 0 Å². The molecule has 30 heavy (non-hydrogen) atoms. The Morgan fingerprint density at radius 3 is 2.93 bits per heavy atom. The van der Waals surface area contributed by atoms with Gasteiger partial charge in [-0.05, 0) is 24.8 Å². The van der Waals surface area contributed by atoms with Crippen molar-refractivity contribution in [2.24, 2.45) is 13.0 Å². The molecule has 0 spiro atoms. The van der Waals surface area contributed by atoms with Gasteiger partial charge < -0.3 is 18.8 Å². The summed E-state index contributed by atoms with van der Waals surface area (Å²) in [6.45, 7) is 6.08. The molecule has 2 fully saturated rings. The lowest BCUT2D eigenvalue weighted by Crippen LogP contribution is -2.49. The molecular weight excluding hydrogens is 382 g/mol. The number of ether oxygens (including phenoxy) is 1. The predicted molar refractivity (Wildman–Crippen MR) is 111 cm³/mol. The lowest BCUT2D eigenvalue weighted by atomic mass is 9.83. The second kappa shape index (κ2) is 8.00. The Kier molecular flexibility index (Phi) is 5.20. The first kappa shape index (κ1) is 19.5. The quantitative estimate of drug-likeness (QED) is 0.755. The van der Waals surface area contributed by atoms with Gasteiger partial charge in [0.05, 0.1) is 12.9 Å². The molecule has 0 N–H and O–H groups in total. The predicted octanol–water partition coefficient (Wildman–Crippen LogP) is 1.06. The van der Waals surface area contributed by atoms with Gasteiger partial charge in [0, 0.05) is 76.3 Å². The zero-order valence-electron chi connectivity index (χ0n) is 17.5. The molecule has 1 amide bonds. The monoisotopic (exact) mass is 411 g/mol. The molecule has 0 aromatic carbocycles. The maximum atomic E-state index is 13.3. The Labute approximate surface area is 176 Å². The molecule has 5 rings (SSSR count). The molecule has 3 aliphatic heterocycles. The molecule has 5 heterocycles. The van der Waals surface area contributed by atoms with E-state index in [4.69, 9.17) is 4.74 Å². The maximum absolute atomic E-state index is 13.3. The van der Waals surface area contributed by atoms with Crippen LogP contribution >= 0.6 is 0 Å². The third-order valence-electron chi connectivity index (χ3n) is 6.60. The molecular formula is C22H29N5O3. The minimum absolute atomic E-state index is 0.0129. The number of amides is 1. The van der Waals surface area contributed by atoms with Gasteiger partial charge in [0.25, 0.3) is 11.5 Å². The van der Waals surface area contributed by atoms with Crippen molar-refractivity contribution in [1.29, 1.82) is 0 Å². The van der Waals surface area contributed by atoms with Gasteiger partial charge in [0.15, 0.2) is 0 Å². The van der Waals surface area contributed by atoms with Crippen LogP contribution in [0.15, 0.2) is 29.5 Å². The zero-order valence-corrected chi connectivity index (χ0v) is 17.5. The van der Waals surface area contributed by atoms with E-state index in [-0.39, 0.29) is 17.4 Å². The first-order valence-electron chi connectivity index (χ1n) is 10.9. The molecule has 2 aromatic rings. The molecule has 2 atom stereocenters. The van der Waals surface area contributed by atoms with Crippen LogP contribution in [-0.2, 0) is 24.9 Å². The Bertz CT molecular complexity index is 989. The van der Waals surface area contributed by atoms with Crippen LogP contribution in [0.2, 0.25) is 0 Å². The topological polar surface area (TPSA) is 72.6 Å². The molecule has 2 aromatic heterocycles. The molecule has 160 valence electrons. The average molecular weight is 412 g/mol. The summed E-state index contributed by atoms with van der Waals surface area (Å²) >= 11 is 0. The van der Waals surface area contributed by atoms with Crippen molar-refractivity contribution in [2.45, 2.75) is 31.8 Å². The van der Waals surface area contributed by atoms with Gasteiger partial charge in [-0.15, -0.1) is 0 Å². The minimum Gasteiger partial charge on any atom is -0.380 e. The summed E-state index contributed by atoms with van der Waals surface area (Å²) in [5.41, 5.74) is 2.56. The summed E-state index contributed by atoms with van der Waals surface area (Å²) in [6.07, 6.45) is 5.47. The van der Waals surface area contributed by atoms with Crippen molar-refractivity contribution in [2.75, 3.05) is 39.4 Å². The summed E-state index contributed by atoms with van der Waals surface area (Å²) in [5.74, 6) is 0.503. The lowest BCUT2D eigenvalue weighted by molar-refractivity contribution is 0.0588. The fourth-order valence-electron chi connectivity index (χ4n) is 5.16. The number of nitrogens with zero attached hydrogens (tertiary/aromatic N) is 5. The number of rotatable bonds is 3. The number of piperidine rings is 1. The SMILES string of the molecule is Cn1cnc(C(=O)N2C[C@@H]3C[C@H](C2)c2ccc(CN4CCCOCC4)c(=O)n2C3)c1. The number of aryl methyl sites for hydroxylation is 1. The molecule has 0 saturated carbocycles. The van der Waals surface area contributed by atoms with Crippen LogP contribution < -0.4 is 5.56 Å². The van der Waals surface area contributed by atoms with E-state index < -0.39 is 0 Å². The number of carbonyl (C=O) groups is 1. The number of hydrogen-bond acceptors (Lipinski definition) is 5. The number of hydrogen-bond donors (Lipinski definition) is 0. The van der Waals surface area contributed by atoms with Gasteiger partial charge in [-0.25, -0.2) is 4.98 Å². The van der Waals surface area contributed by atoms with Crippen LogP contribution in [0.25, 0.3) is 0 Å². The number of fused-ring (bicyclic) bond motifs is 4. The van der Waals surface area contributed by atoms with E-state index >= 15 is 0 Å². The van der Waals surface area contributed by atoms with E-state index in [1.807, 2.05) is 22.6 Å². The highest BCUT2D eigenvalue weighted by Crippen LogP contribution is 2.35. The van der Waals surface area contributed by atoms with Crippen molar-refractivity contribution in [3.8, 4) is 0 Å². The van der Waals surface area contributed by atoms with E-state index in [2.05, 4.69) is 16.0 Å². The van der Waals surface area contributed by atoms with Gasteiger partial charge in [-0.2, -0.15) is 0 Å². The van der Waals surface area contributed by atoms with Gasteiger partial charge in [-0.3, -0.25) is 14.5 Å². The van der Waals surface area contributed by atoms with E-state index in [1.165, 1.54) is 0 Å². The zero-order chi connectivity index (χ0) is 20.7. The fraction of sp³-hybridized carbons (Fsp3) is 0.591. The Morgan fingerprint density at radius 2 is 2.10 bits per heavy atom. The highest BCUT2D eigenvalue weighted by Gasteiger charge is 2.37. The summed E-state index contributed by atoms with van der Waals surface area (Å²) in [4.78, 5) is 34.6. The van der Waals surface area contributed by atoms with Gasteiger partial charge in [0.1, 0.15) is 5.69 Å². The van der Waals surface area contributed by atoms with Crippen molar-refractivity contribution >= 4 is 5.91 Å². The van der Waals surface area contributed by atoms with Crippen molar-refractivity contribution < 1.29 is 9.53 Å². The molecule has 2 saturated heterocycles. The van der Waals surface area contributed by atoms with Gasteiger partial charge in [-0.1, -0.05) is 6.07 Å². The number of pyridine rings is 1. The average Bonchev–Trinajstić information content (AvgIpc) is 3.01. The highest BCUT2D eigenvalue weighted by atomic mass is 16.5. The van der Waals surface area contributed by atoms with E-state index in [9.17, 15) is 9.59 Å². The van der Waals surface area contributed by atoms with Crippen LogP contribution in [-0.4, -0.2) is 69.2 Å². The van der Waals surface area contributed by atoms with Crippen LogP contribution in [0.3, 0.4) is 0 Å². The number of likely N-dealkylation sites (tertiary alicyclic amines) is 1. The van der Waals surface area contributed by atoms with E-state index in [0.717, 1.165) is 50.4 Å². The van der Waals surface area contributed by atoms with E-state index in [0.29, 0.717) is 37.8 Å². The molecule has 8 heteroatoms. The number of carbonyl (C=O) groups excluding carboxylic acids is 1. The van der Waals surface area contributed by atoms with Crippen molar-refractivity contribution in [3.05, 3.63) is 52.0 Å². The normalized spacial score (nSPS) is 24.4. The van der Waals surface area contributed by atoms with Crippen LogP contribution in [0.1, 0.15) is 40.5 Å². The molecule has 0 unspecified atom stereocenters. The Hall–Kier alpha value is -2.45. The van der Waals surface area contributed by atoms with Crippen LogP contribution in [0, 0.1) is 5.92 Å². The van der Waals surface area contributed by atoms with Crippen LogP contribution in [0.5, 0.6) is 0 Å². The maximum Gasteiger partial charge on any atom is 0.274 e. The molecule has 8 nitrogen and oxygen atoms in total. The highest BCUT2D eigenvalue weighted by molar-refractivity contribution is 5.92. The second-order valence-corrected chi connectivity index (χ2v) is 8.87. The third kappa shape index (κ3) is 3.70. The Morgan fingerprint density at radius 1 is 1.20 bits per heavy atom. The second-order valence-electron chi connectivity index (χ2n) is 8.87. The summed E-state index contributed by atoms with van der Waals surface area (Å²) in [7, 11) is 1.87. The Balaban J connectivity index is 1.36. The largest absolute Gasteiger partial charge is 0.380 e. The molecule has 0 radical (unpaired) electrons. The first-order chi connectivity index (χ1) is 14.6. The fourth-order valence-corrected chi connectivity index (χ4v) is 5.16. The van der Waals surface area contributed by atoms with Crippen molar-refractivity contribution in [3.63, 3.8) is 0 Å². The van der Waals surface area contributed by atoms with Gasteiger partial charge >= 0.3 is 0 Å². The van der Waals surface area contributed by atoms with Gasteiger partial charge in [0.2, 0.25) is 0 Å². The first-order valence-corrected chi connectivity index (χ1v) is 10.9. The smallest absolute Gasteiger partial charge is 0.274 e. The molecule has 0 aliphatic carbocycles.